The fraction of sp³-hybridized carbons (Fsp3) is 0.273. The molecule has 0 aliphatic rings. The second-order valence-electron chi connectivity index (χ2n) is 3.27. The van der Waals surface area contributed by atoms with E-state index in [1.807, 2.05) is 31.2 Å². The van der Waals surface area contributed by atoms with Crippen LogP contribution in [0.1, 0.15) is 18.4 Å². The fourth-order valence-corrected chi connectivity index (χ4v) is 1.48. The summed E-state index contributed by atoms with van der Waals surface area (Å²) in [7, 11) is 0. The third-order valence-electron chi connectivity index (χ3n) is 2.32. The summed E-state index contributed by atoms with van der Waals surface area (Å²) in [5, 5.41) is 10.1. The van der Waals surface area contributed by atoms with Gasteiger partial charge in [0.15, 0.2) is 0 Å². The lowest BCUT2D eigenvalue weighted by molar-refractivity contribution is 0.273. The van der Waals surface area contributed by atoms with Crippen LogP contribution in [-0.2, 0) is 0 Å². The molecule has 1 aromatic carbocycles. The summed E-state index contributed by atoms with van der Waals surface area (Å²) >= 11 is 0. The first-order valence-electron chi connectivity index (χ1n) is 4.40. The number of hydrogen-bond donors (Lipinski definition) is 1. The highest BCUT2D eigenvalue weighted by atomic mass is 16.3. The Bertz CT molecular complexity index is 403. The molecule has 2 aromatic rings. The number of rotatable bonds is 2. The van der Waals surface area contributed by atoms with Gasteiger partial charge in [-0.05, 0) is 6.07 Å². The molecule has 0 aliphatic carbocycles. The molecule has 0 spiro atoms. The molecule has 13 heavy (non-hydrogen) atoms. The third-order valence-corrected chi connectivity index (χ3v) is 2.32. The number of aliphatic hydroxyl groups is 1. The van der Waals surface area contributed by atoms with Gasteiger partial charge in [0.25, 0.3) is 0 Å². The number of furan rings is 1. The lowest BCUT2D eigenvalue weighted by Gasteiger charge is -2.03. The summed E-state index contributed by atoms with van der Waals surface area (Å²) in [5.41, 5.74) is 1.97. The summed E-state index contributed by atoms with van der Waals surface area (Å²) < 4.78 is 5.36. The van der Waals surface area contributed by atoms with Crippen molar-refractivity contribution in [2.75, 3.05) is 6.61 Å². The molecular weight excluding hydrogens is 164 g/mol. The van der Waals surface area contributed by atoms with Gasteiger partial charge in [0.2, 0.25) is 0 Å². The molecule has 0 fully saturated rings. The van der Waals surface area contributed by atoms with Gasteiger partial charge in [0.1, 0.15) is 5.58 Å². The zero-order chi connectivity index (χ0) is 9.26. The molecule has 68 valence electrons. The molecule has 1 atom stereocenters. The minimum absolute atomic E-state index is 0.142. The van der Waals surface area contributed by atoms with E-state index in [4.69, 9.17) is 9.52 Å². The van der Waals surface area contributed by atoms with Crippen molar-refractivity contribution in [2.24, 2.45) is 0 Å². The van der Waals surface area contributed by atoms with Crippen molar-refractivity contribution in [3.8, 4) is 0 Å². The molecule has 2 rings (SSSR count). The molecule has 0 unspecified atom stereocenters. The molecule has 0 aliphatic heterocycles. The van der Waals surface area contributed by atoms with Crippen LogP contribution in [0.4, 0.5) is 0 Å². The molecule has 2 heteroatoms. The summed E-state index contributed by atoms with van der Waals surface area (Å²) in [5.74, 6) is 0.142. The highest BCUT2D eigenvalue weighted by molar-refractivity contribution is 5.81. The largest absolute Gasteiger partial charge is 0.464 e. The van der Waals surface area contributed by atoms with E-state index in [2.05, 4.69) is 0 Å². The van der Waals surface area contributed by atoms with E-state index >= 15 is 0 Å². The van der Waals surface area contributed by atoms with E-state index in [1.54, 1.807) is 6.26 Å². The SMILES string of the molecule is C[C@@H](CO)c1coc2ccccc12. The Kier molecular flexibility index (Phi) is 2.07. The predicted molar refractivity (Wildman–Crippen MR) is 51.7 cm³/mol. The number of hydrogen-bond acceptors (Lipinski definition) is 2. The first-order valence-corrected chi connectivity index (χ1v) is 4.40. The zero-order valence-corrected chi connectivity index (χ0v) is 7.53. The molecule has 0 amide bonds. The zero-order valence-electron chi connectivity index (χ0n) is 7.53. The highest BCUT2D eigenvalue weighted by Gasteiger charge is 2.10. The molecule has 2 nitrogen and oxygen atoms in total. The molecule has 0 radical (unpaired) electrons. The monoisotopic (exact) mass is 176 g/mol. The smallest absolute Gasteiger partial charge is 0.134 e. The molecule has 0 saturated carbocycles. The van der Waals surface area contributed by atoms with E-state index in [0.29, 0.717) is 0 Å². The van der Waals surface area contributed by atoms with Gasteiger partial charge in [-0.2, -0.15) is 0 Å². The normalized spacial score (nSPS) is 13.4. The first-order chi connectivity index (χ1) is 6.33. The summed E-state index contributed by atoms with van der Waals surface area (Å²) in [4.78, 5) is 0. The lowest BCUT2D eigenvalue weighted by atomic mass is 10.0. The first kappa shape index (κ1) is 8.32. The fourth-order valence-electron chi connectivity index (χ4n) is 1.48. The second kappa shape index (κ2) is 3.23. The molecule has 0 bridgehead atoms. The van der Waals surface area contributed by atoms with Gasteiger partial charge < -0.3 is 9.52 Å². The van der Waals surface area contributed by atoms with Crippen molar-refractivity contribution in [1.29, 1.82) is 0 Å². The summed E-state index contributed by atoms with van der Waals surface area (Å²) in [6.45, 7) is 2.14. The van der Waals surface area contributed by atoms with Gasteiger partial charge in [0, 0.05) is 23.5 Å². The second-order valence-corrected chi connectivity index (χ2v) is 3.27. The highest BCUT2D eigenvalue weighted by Crippen LogP contribution is 2.26. The van der Waals surface area contributed by atoms with Crippen LogP contribution in [0.3, 0.4) is 0 Å². The number of para-hydroxylation sites is 1. The average molecular weight is 176 g/mol. The van der Waals surface area contributed by atoms with Gasteiger partial charge in [-0.1, -0.05) is 25.1 Å². The van der Waals surface area contributed by atoms with Crippen LogP contribution in [0, 0.1) is 0 Å². The minimum Gasteiger partial charge on any atom is -0.464 e. The van der Waals surface area contributed by atoms with E-state index in [-0.39, 0.29) is 12.5 Å². The van der Waals surface area contributed by atoms with E-state index in [0.717, 1.165) is 16.5 Å². The Morgan fingerprint density at radius 1 is 1.38 bits per heavy atom. The third kappa shape index (κ3) is 1.33. The summed E-state index contributed by atoms with van der Waals surface area (Å²) in [6.07, 6.45) is 1.73. The summed E-state index contributed by atoms with van der Waals surface area (Å²) in [6, 6.07) is 7.87. The van der Waals surface area contributed by atoms with E-state index in [9.17, 15) is 0 Å². The average Bonchev–Trinajstić information content (AvgIpc) is 2.60. The lowest BCUT2D eigenvalue weighted by Crippen LogP contribution is -1.96. The van der Waals surface area contributed by atoms with Gasteiger partial charge >= 0.3 is 0 Å². The Morgan fingerprint density at radius 3 is 2.92 bits per heavy atom. The Hall–Kier alpha value is -1.28. The van der Waals surface area contributed by atoms with Crippen molar-refractivity contribution in [3.63, 3.8) is 0 Å². The standard InChI is InChI=1S/C11H12O2/c1-8(6-12)10-7-13-11-5-3-2-4-9(10)11/h2-5,7-8,12H,6H2,1H3/t8-/m0/s1. The van der Waals surface area contributed by atoms with E-state index < -0.39 is 0 Å². The van der Waals surface area contributed by atoms with Gasteiger partial charge in [0.05, 0.1) is 6.26 Å². The molecule has 0 saturated heterocycles. The van der Waals surface area contributed by atoms with Crippen LogP contribution in [0.2, 0.25) is 0 Å². The number of benzene rings is 1. The van der Waals surface area contributed by atoms with Crippen molar-refractivity contribution >= 4 is 11.0 Å². The molecular formula is C11H12O2. The molecule has 1 aromatic heterocycles. The maximum atomic E-state index is 9.02. The van der Waals surface area contributed by atoms with Gasteiger partial charge in [-0.3, -0.25) is 0 Å². The van der Waals surface area contributed by atoms with Crippen LogP contribution in [0.25, 0.3) is 11.0 Å². The van der Waals surface area contributed by atoms with Crippen LogP contribution >= 0.6 is 0 Å². The van der Waals surface area contributed by atoms with Crippen LogP contribution < -0.4 is 0 Å². The molecule has 1 heterocycles. The van der Waals surface area contributed by atoms with Crippen molar-refractivity contribution in [1.82, 2.24) is 0 Å². The van der Waals surface area contributed by atoms with Crippen molar-refractivity contribution in [2.45, 2.75) is 12.8 Å². The number of fused-ring (bicyclic) bond motifs is 1. The Morgan fingerprint density at radius 2 is 2.15 bits per heavy atom. The quantitative estimate of drug-likeness (QED) is 0.762. The Balaban J connectivity index is 2.57. The minimum atomic E-state index is 0.142. The van der Waals surface area contributed by atoms with Gasteiger partial charge in [-0.25, -0.2) is 0 Å². The van der Waals surface area contributed by atoms with Gasteiger partial charge in [-0.15, -0.1) is 0 Å². The maximum absolute atomic E-state index is 9.02. The topological polar surface area (TPSA) is 33.4 Å². The van der Waals surface area contributed by atoms with E-state index in [1.165, 1.54) is 0 Å². The van der Waals surface area contributed by atoms with Crippen LogP contribution in [0.5, 0.6) is 0 Å². The van der Waals surface area contributed by atoms with Crippen LogP contribution in [0.15, 0.2) is 34.9 Å². The maximum Gasteiger partial charge on any atom is 0.134 e. The van der Waals surface area contributed by atoms with Crippen LogP contribution in [-0.4, -0.2) is 11.7 Å². The van der Waals surface area contributed by atoms with Crippen molar-refractivity contribution < 1.29 is 9.52 Å². The molecule has 1 N–H and O–H groups in total. The Labute approximate surface area is 76.8 Å². The predicted octanol–water partition coefficient (Wildman–Crippen LogP) is 2.53. The van der Waals surface area contributed by atoms with Crippen molar-refractivity contribution in [3.05, 3.63) is 36.1 Å². The number of aliphatic hydroxyl groups excluding tert-OH is 1.